The number of carbonyl (C=O) groups is 1. The van der Waals surface area contributed by atoms with E-state index in [1.807, 2.05) is 32.6 Å². The molecule has 0 spiro atoms. The highest BCUT2D eigenvalue weighted by atomic mass is 16.6. The molecule has 128 valence electrons. The number of piperidine rings is 1. The van der Waals surface area contributed by atoms with Crippen molar-refractivity contribution in [2.45, 2.75) is 83.9 Å². The molecule has 23 heavy (non-hydrogen) atoms. The topological polar surface area (TPSA) is 47.4 Å². The number of hydrogen-bond donors (Lipinski definition) is 0. The van der Waals surface area contributed by atoms with Crippen molar-refractivity contribution >= 4 is 6.09 Å². The van der Waals surface area contributed by atoms with Crippen LogP contribution >= 0.6 is 0 Å². The maximum Gasteiger partial charge on any atom is 0.410 e. The largest absolute Gasteiger partial charge is 0.444 e. The minimum Gasteiger partial charge on any atom is -0.444 e. The molecule has 3 rings (SSSR count). The summed E-state index contributed by atoms with van der Waals surface area (Å²) in [5.74, 6) is 0. The molecule has 2 aliphatic rings. The van der Waals surface area contributed by atoms with Crippen LogP contribution in [-0.2, 0) is 4.74 Å². The van der Waals surface area contributed by atoms with E-state index >= 15 is 0 Å². The van der Waals surface area contributed by atoms with E-state index in [0.29, 0.717) is 6.04 Å². The quantitative estimate of drug-likeness (QED) is 0.813. The van der Waals surface area contributed by atoms with Crippen LogP contribution < -0.4 is 0 Å². The van der Waals surface area contributed by atoms with Crippen LogP contribution in [0.5, 0.6) is 0 Å². The molecule has 1 saturated carbocycles. The number of amides is 1. The molecule has 0 aromatic carbocycles. The van der Waals surface area contributed by atoms with Gasteiger partial charge in [0.2, 0.25) is 0 Å². The Morgan fingerprint density at radius 2 is 1.96 bits per heavy atom. The zero-order valence-electron chi connectivity index (χ0n) is 14.8. The number of hydrogen-bond acceptors (Lipinski definition) is 3. The molecule has 0 N–H and O–H groups in total. The molecule has 0 radical (unpaired) electrons. The summed E-state index contributed by atoms with van der Waals surface area (Å²) in [5.41, 5.74) is 1.78. The number of aryl methyl sites for hydroxylation is 1. The summed E-state index contributed by atoms with van der Waals surface area (Å²) in [4.78, 5) is 14.6. The fraction of sp³-hybridized carbons (Fsp3) is 0.778. The van der Waals surface area contributed by atoms with E-state index < -0.39 is 5.60 Å². The third-order valence-electron chi connectivity index (χ3n) is 4.78. The van der Waals surface area contributed by atoms with Gasteiger partial charge in [-0.05, 0) is 72.3 Å². The average Bonchev–Trinajstić information content (AvgIpc) is 2.76. The Balaban J connectivity index is 1.85. The molecule has 0 unspecified atom stereocenters. The van der Waals surface area contributed by atoms with E-state index in [9.17, 15) is 4.79 Å². The van der Waals surface area contributed by atoms with Crippen LogP contribution in [0.15, 0.2) is 6.07 Å². The van der Waals surface area contributed by atoms with Crippen LogP contribution in [-0.4, -0.2) is 32.9 Å². The lowest BCUT2D eigenvalue weighted by Crippen LogP contribution is -2.42. The standard InChI is InChI=1S/C18H29N3O2/c1-13-12-16(21(19-13)14-8-7-9-14)15-10-5-6-11-20(15)17(22)23-18(2,3)4/h12,14-15H,5-11H2,1-4H3/t15-/m1/s1. The molecule has 2 heterocycles. The predicted octanol–water partition coefficient (Wildman–Crippen LogP) is 4.38. The fourth-order valence-electron chi connectivity index (χ4n) is 3.49. The van der Waals surface area contributed by atoms with Gasteiger partial charge < -0.3 is 4.74 Å². The van der Waals surface area contributed by atoms with Crippen molar-refractivity contribution in [1.29, 1.82) is 0 Å². The summed E-state index contributed by atoms with van der Waals surface area (Å²) >= 11 is 0. The molecule has 1 saturated heterocycles. The monoisotopic (exact) mass is 319 g/mol. The highest BCUT2D eigenvalue weighted by molar-refractivity contribution is 5.69. The van der Waals surface area contributed by atoms with Crippen molar-refractivity contribution in [2.75, 3.05) is 6.54 Å². The molecule has 1 aliphatic carbocycles. The highest BCUT2D eigenvalue weighted by Crippen LogP contribution is 2.38. The van der Waals surface area contributed by atoms with Crippen LogP contribution in [0.25, 0.3) is 0 Å². The van der Waals surface area contributed by atoms with E-state index in [2.05, 4.69) is 10.7 Å². The minimum atomic E-state index is -0.455. The van der Waals surface area contributed by atoms with Crippen LogP contribution in [0.3, 0.4) is 0 Å². The van der Waals surface area contributed by atoms with Gasteiger partial charge in [0.15, 0.2) is 0 Å². The van der Waals surface area contributed by atoms with Gasteiger partial charge in [-0.2, -0.15) is 5.10 Å². The van der Waals surface area contributed by atoms with Crippen LogP contribution in [0.1, 0.15) is 82.8 Å². The Kier molecular flexibility index (Phi) is 4.39. The summed E-state index contributed by atoms with van der Waals surface area (Å²) in [5, 5.41) is 4.71. The summed E-state index contributed by atoms with van der Waals surface area (Å²) in [6.07, 6.45) is 6.69. The first-order valence-corrected chi connectivity index (χ1v) is 8.91. The summed E-state index contributed by atoms with van der Waals surface area (Å²) in [7, 11) is 0. The van der Waals surface area contributed by atoms with Gasteiger partial charge in [-0.1, -0.05) is 0 Å². The predicted molar refractivity (Wildman–Crippen MR) is 89.4 cm³/mol. The van der Waals surface area contributed by atoms with Crippen molar-refractivity contribution in [3.8, 4) is 0 Å². The molecule has 1 aromatic rings. The number of aromatic nitrogens is 2. The molecule has 5 heteroatoms. The van der Waals surface area contributed by atoms with Crippen molar-refractivity contribution in [3.05, 3.63) is 17.5 Å². The second-order valence-corrected chi connectivity index (χ2v) is 7.93. The van der Waals surface area contributed by atoms with Gasteiger partial charge in [-0.15, -0.1) is 0 Å². The Labute approximate surface area is 139 Å². The first-order chi connectivity index (χ1) is 10.8. The lowest BCUT2D eigenvalue weighted by Gasteiger charge is -2.38. The third-order valence-corrected chi connectivity index (χ3v) is 4.78. The lowest BCUT2D eigenvalue weighted by atomic mass is 9.92. The van der Waals surface area contributed by atoms with E-state index in [4.69, 9.17) is 9.84 Å². The van der Waals surface area contributed by atoms with Crippen molar-refractivity contribution in [1.82, 2.24) is 14.7 Å². The smallest absolute Gasteiger partial charge is 0.410 e. The Morgan fingerprint density at radius 3 is 2.57 bits per heavy atom. The second kappa shape index (κ2) is 6.17. The van der Waals surface area contributed by atoms with Crippen molar-refractivity contribution in [3.63, 3.8) is 0 Å². The molecule has 1 atom stereocenters. The fourth-order valence-corrected chi connectivity index (χ4v) is 3.49. The van der Waals surface area contributed by atoms with Gasteiger partial charge in [-0.25, -0.2) is 4.79 Å². The zero-order valence-corrected chi connectivity index (χ0v) is 14.8. The summed E-state index contributed by atoms with van der Waals surface area (Å²) in [6.45, 7) is 8.58. The first kappa shape index (κ1) is 16.3. The number of carbonyl (C=O) groups excluding carboxylic acids is 1. The molecule has 1 aliphatic heterocycles. The Hall–Kier alpha value is -1.52. The molecular formula is C18H29N3O2. The Morgan fingerprint density at radius 1 is 1.22 bits per heavy atom. The number of nitrogens with zero attached hydrogens (tertiary/aromatic N) is 3. The van der Waals surface area contributed by atoms with Crippen LogP contribution in [0.2, 0.25) is 0 Å². The molecule has 1 aromatic heterocycles. The van der Waals surface area contributed by atoms with E-state index in [0.717, 1.165) is 31.5 Å². The van der Waals surface area contributed by atoms with Gasteiger partial charge in [-0.3, -0.25) is 9.58 Å². The highest BCUT2D eigenvalue weighted by Gasteiger charge is 2.35. The van der Waals surface area contributed by atoms with Gasteiger partial charge in [0, 0.05) is 6.54 Å². The van der Waals surface area contributed by atoms with Crippen LogP contribution in [0.4, 0.5) is 4.79 Å². The number of rotatable bonds is 2. The van der Waals surface area contributed by atoms with Gasteiger partial charge in [0.05, 0.1) is 23.5 Å². The Bertz CT molecular complexity index is 569. The second-order valence-electron chi connectivity index (χ2n) is 7.93. The molecule has 0 bridgehead atoms. The van der Waals surface area contributed by atoms with E-state index in [1.165, 1.54) is 25.0 Å². The molecule has 1 amide bonds. The zero-order chi connectivity index (χ0) is 16.6. The van der Waals surface area contributed by atoms with Crippen molar-refractivity contribution < 1.29 is 9.53 Å². The average molecular weight is 319 g/mol. The summed E-state index contributed by atoms with van der Waals surface area (Å²) in [6, 6.07) is 2.77. The van der Waals surface area contributed by atoms with Crippen LogP contribution in [0, 0.1) is 6.92 Å². The molecule has 2 fully saturated rings. The van der Waals surface area contributed by atoms with Gasteiger partial charge >= 0.3 is 6.09 Å². The lowest BCUT2D eigenvalue weighted by molar-refractivity contribution is 0.00801. The first-order valence-electron chi connectivity index (χ1n) is 8.91. The SMILES string of the molecule is Cc1cc([C@H]2CCCCN2C(=O)OC(C)(C)C)n(C2CCC2)n1. The van der Waals surface area contributed by atoms with Gasteiger partial charge in [0.1, 0.15) is 5.60 Å². The minimum absolute atomic E-state index is 0.0976. The number of ether oxygens (including phenoxy) is 1. The molecular weight excluding hydrogens is 290 g/mol. The molecule has 5 nitrogen and oxygen atoms in total. The third kappa shape index (κ3) is 3.54. The van der Waals surface area contributed by atoms with E-state index in [-0.39, 0.29) is 12.1 Å². The normalized spacial score (nSPS) is 22.8. The maximum absolute atomic E-state index is 12.6. The maximum atomic E-state index is 12.6. The number of likely N-dealkylation sites (tertiary alicyclic amines) is 1. The van der Waals surface area contributed by atoms with Crippen molar-refractivity contribution in [2.24, 2.45) is 0 Å². The van der Waals surface area contributed by atoms with E-state index in [1.54, 1.807) is 0 Å². The summed E-state index contributed by atoms with van der Waals surface area (Å²) < 4.78 is 7.82. The van der Waals surface area contributed by atoms with Gasteiger partial charge in [0.25, 0.3) is 0 Å².